The molecule has 1 fully saturated rings. The minimum absolute atomic E-state index is 0.0898. The van der Waals surface area contributed by atoms with Gasteiger partial charge in [0.1, 0.15) is 11.1 Å². The molecule has 0 unspecified atom stereocenters. The Labute approximate surface area is 90.8 Å². The Kier molecular flexibility index (Phi) is 3.09. The highest BCUT2D eigenvalue weighted by atomic mass is 32.2. The molecule has 1 aliphatic rings. The van der Waals surface area contributed by atoms with Crippen molar-refractivity contribution >= 4 is 10.8 Å². The van der Waals surface area contributed by atoms with Crippen molar-refractivity contribution in [3.05, 3.63) is 23.9 Å². The van der Waals surface area contributed by atoms with Gasteiger partial charge < -0.3 is 5.32 Å². The lowest BCUT2D eigenvalue weighted by Crippen LogP contribution is -2.20. The van der Waals surface area contributed by atoms with Crippen LogP contribution in [0.2, 0.25) is 0 Å². The topological polar surface area (TPSA) is 65.8 Å². The summed E-state index contributed by atoms with van der Waals surface area (Å²) in [7, 11) is -1.17. The second-order valence-corrected chi connectivity index (χ2v) is 5.03. The first-order chi connectivity index (χ1) is 7.33. The minimum Gasteiger partial charge on any atom is -0.315 e. The van der Waals surface area contributed by atoms with Gasteiger partial charge in [0.2, 0.25) is 0 Å². The lowest BCUT2D eigenvalue weighted by Gasteiger charge is -2.08. The summed E-state index contributed by atoms with van der Waals surface area (Å²) < 4.78 is 12.1. The van der Waals surface area contributed by atoms with Gasteiger partial charge in [-0.25, -0.2) is 4.98 Å². The van der Waals surface area contributed by atoms with E-state index in [-0.39, 0.29) is 5.25 Å². The average Bonchev–Trinajstić information content (AvgIpc) is 2.81. The molecule has 1 aliphatic heterocycles. The zero-order valence-corrected chi connectivity index (χ0v) is 8.96. The molecule has 0 radical (unpaired) electrons. The number of pyridine rings is 1. The molecule has 2 heterocycles. The summed E-state index contributed by atoms with van der Waals surface area (Å²) in [6.45, 7) is 1.64. The number of rotatable bonds is 2. The molecular weight excluding hydrogens is 210 g/mol. The molecular formula is C10H11N3OS. The Bertz CT molecular complexity index is 421. The molecule has 0 amide bonds. The molecule has 78 valence electrons. The number of hydrogen-bond acceptors (Lipinski definition) is 4. The summed E-state index contributed by atoms with van der Waals surface area (Å²) in [5.41, 5.74) is 0.419. The highest BCUT2D eigenvalue weighted by molar-refractivity contribution is 7.85. The van der Waals surface area contributed by atoms with Gasteiger partial charge in [-0.05, 0) is 25.1 Å². The quantitative estimate of drug-likeness (QED) is 0.786. The fourth-order valence-corrected chi connectivity index (χ4v) is 3.02. The van der Waals surface area contributed by atoms with Crippen molar-refractivity contribution in [3.8, 4) is 6.07 Å². The van der Waals surface area contributed by atoms with Gasteiger partial charge in [-0.2, -0.15) is 5.26 Å². The predicted octanol–water partition coefficient (Wildman–Crippen LogP) is 0.423. The third-order valence-corrected chi connectivity index (χ3v) is 4.11. The second kappa shape index (κ2) is 4.51. The highest BCUT2D eigenvalue weighted by Gasteiger charge is 2.24. The number of nitrogens with one attached hydrogen (secondary N) is 1. The number of aromatic nitrogens is 1. The third-order valence-electron chi connectivity index (χ3n) is 2.40. The Morgan fingerprint density at radius 1 is 1.67 bits per heavy atom. The van der Waals surface area contributed by atoms with Crippen LogP contribution in [-0.4, -0.2) is 27.5 Å². The molecule has 4 nitrogen and oxygen atoms in total. The first-order valence-corrected chi connectivity index (χ1v) is 6.00. The van der Waals surface area contributed by atoms with Crippen molar-refractivity contribution in [2.45, 2.75) is 16.7 Å². The van der Waals surface area contributed by atoms with E-state index in [1.54, 1.807) is 18.3 Å². The number of hydrogen-bond donors (Lipinski definition) is 1. The van der Waals surface area contributed by atoms with Crippen LogP contribution in [0.5, 0.6) is 0 Å². The summed E-state index contributed by atoms with van der Waals surface area (Å²) in [4.78, 5) is 4.04. The van der Waals surface area contributed by atoms with Gasteiger partial charge in [0.15, 0.2) is 0 Å². The smallest absolute Gasteiger partial charge is 0.145 e. The van der Waals surface area contributed by atoms with E-state index in [9.17, 15) is 4.21 Å². The number of nitriles is 1. The summed E-state index contributed by atoms with van der Waals surface area (Å²) in [5, 5.41) is 12.5. The van der Waals surface area contributed by atoms with Crippen LogP contribution in [0.15, 0.2) is 23.4 Å². The fourth-order valence-electron chi connectivity index (χ4n) is 1.60. The maximum atomic E-state index is 12.1. The lowest BCUT2D eigenvalue weighted by molar-refractivity contribution is 0.669. The van der Waals surface area contributed by atoms with Crippen molar-refractivity contribution < 1.29 is 4.21 Å². The van der Waals surface area contributed by atoms with Crippen LogP contribution in [0, 0.1) is 11.3 Å². The Balaban J connectivity index is 2.29. The van der Waals surface area contributed by atoms with Crippen molar-refractivity contribution in [1.82, 2.24) is 10.3 Å². The third kappa shape index (κ3) is 2.06. The normalized spacial score (nSPS) is 22.2. The van der Waals surface area contributed by atoms with Crippen LogP contribution in [0.25, 0.3) is 0 Å². The van der Waals surface area contributed by atoms with E-state index < -0.39 is 10.8 Å². The van der Waals surface area contributed by atoms with E-state index in [0.29, 0.717) is 10.6 Å². The molecule has 0 aliphatic carbocycles. The first kappa shape index (κ1) is 10.3. The average molecular weight is 221 g/mol. The number of nitrogens with zero attached hydrogens (tertiary/aromatic N) is 2. The van der Waals surface area contributed by atoms with Gasteiger partial charge in [-0.3, -0.25) is 4.21 Å². The maximum absolute atomic E-state index is 12.1. The molecule has 1 saturated heterocycles. The largest absolute Gasteiger partial charge is 0.315 e. The standard InChI is InChI=1S/C10H11N3OS/c11-6-8-2-1-4-13-10(8)15(14)9-3-5-12-7-9/h1-2,4,9,12H,3,5,7H2/t9-,15-/m0/s1. The van der Waals surface area contributed by atoms with Crippen LogP contribution < -0.4 is 5.32 Å². The van der Waals surface area contributed by atoms with Crippen molar-refractivity contribution in [1.29, 1.82) is 5.26 Å². The van der Waals surface area contributed by atoms with Gasteiger partial charge >= 0.3 is 0 Å². The van der Waals surface area contributed by atoms with E-state index in [2.05, 4.69) is 10.3 Å². The molecule has 5 heteroatoms. The van der Waals surface area contributed by atoms with E-state index in [0.717, 1.165) is 19.5 Å². The lowest BCUT2D eigenvalue weighted by atomic mass is 10.3. The van der Waals surface area contributed by atoms with Crippen molar-refractivity contribution in [2.24, 2.45) is 0 Å². The van der Waals surface area contributed by atoms with Gasteiger partial charge in [0.25, 0.3) is 0 Å². The molecule has 1 aromatic rings. The molecule has 2 rings (SSSR count). The first-order valence-electron chi connectivity index (χ1n) is 4.79. The van der Waals surface area contributed by atoms with Crippen LogP contribution in [0.3, 0.4) is 0 Å². The van der Waals surface area contributed by atoms with Crippen molar-refractivity contribution in [2.75, 3.05) is 13.1 Å². The van der Waals surface area contributed by atoms with E-state index in [4.69, 9.17) is 5.26 Å². The van der Waals surface area contributed by atoms with Gasteiger partial charge in [-0.15, -0.1) is 0 Å². The second-order valence-electron chi connectivity index (χ2n) is 3.38. The van der Waals surface area contributed by atoms with Crippen LogP contribution in [0.4, 0.5) is 0 Å². The van der Waals surface area contributed by atoms with Gasteiger partial charge in [0, 0.05) is 12.7 Å². The van der Waals surface area contributed by atoms with Crippen LogP contribution in [-0.2, 0) is 10.8 Å². The van der Waals surface area contributed by atoms with Crippen LogP contribution >= 0.6 is 0 Å². The summed E-state index contributed by atoms with van der Waals surface area (Å²) in [5.74, 6) is 0. The van der Waals surface area contributed by atoms with E-state index in [1.807, 2.05) is 6.07 Å². The van der Waals surface area contributed by atoms with Gasteiger partial charge in [0.05, 0.1) is 21.6 Å². The molecule has 0 spiro atoms. The summed E-state index contributed by atoms with van der Waals surface area (Å²) in [6.07, 6.45) is 2.46. The van der Waals surface area contributed by atoms with E-state index in [1.165, 1.54) is 0 Å². The molecule has 1 aromatic heterocycles. The SMILES string of the molecule is N#Cc1cccnc1[S@@](=O)[C@H]1CCNC1. The summed E-state index contributed by atoms with van der Waals surface area (Å²) in [6, 6.07) is 5.37. The van der Waals surface area contributed by atoms with Gasteiger partial charge in [-0.1, -0.05) is 0 Å². The van der Waals surface area contributed by atoms with Crippen molar-refractivity contribution in [3.63, 3.8) is 0 Å². The molecule has 0 aromatic carbocycles. The molecule has 15 heavy (non-hydrogen) atoms. The Morgan fingerprint density at radius 2 is 2.53 bits per heavy atom. The Morgan fingerprint density at radius 3 is 3.20 bits per heavy atom. The zero-order valence-electron chi connectivity index (χ0n) is 8.14. The fraction of sp³-hybridized carbons (Fsp3) is 0.400. The van der Waals surface area contributed by atoms with Crippen LogP contribution in [0.1, 0.15) is 12.0 Å². The molecule has 0 saturated carbocycles. The molecule has 0 bridgehead atoms. The molecule has 1 N–H and O–H groups in total. The summed E-state index contributed by atoms with van der Waals surface area (Å²) >= 11 is 0. The zero-order chi connectivity index (χ0) is 10.7. The molecule has 2 atom stereocenters. The Hall–Kier alpha value is -1.25. The minimum atomic E-state index is -1.17. The van der Waals surface area contributed by atoms with E-state index >= 15 is 0 Å². The highest BCUT2D eigenvalue weighted by Crippen LogP contribution is 2.16. The predicted molar refractivity (Wildman–Crippen MR) is 56.6 cm³/mol. The monoisotopic (exact) mass is 221 g/mol. The maximum Gasteiger partial charge on any atom is 0.145 e.